The highest BCUT2D eigenvalue weighted by Crippen LogP contribution is 2.38. The fourth-order valence-corrected chi connectivity index (χ4v) is 3.92. The monoisotopic (exact) mass is 267 g/mol. The first-order valence-corrected chi connectivity index (χ1v) is 7.59. The summed E-state index contributed by atoms with van der Waals surface area (Å²) in [7, 11) is 0. The van der Waals surface area contributed by atoms with E-state index in [1.54, 1.807) is 11.3 Å². The van der Waals surface area contributed by atoms with Crippen LogP contribution in [0.5, 0.6) is 0 Å². The molecular weight excluding hydrogens is 250 g/mol. The summed E-state index contributed by atoms with van der Waals surface area (Å²) in [4.78, 5) is 1.26. The van der Waals surface area contributed by atoms with E-state index in [1.165, 1.54) is 37.0 Å². The molecule has 0 unspecified atom stereocenters. The summed E-state index contributed by atoms with van der Waals surface area (Å²) >= 11 is 7.58. The highest BCUT2D eigenvalue weighted by molar-refractivity contribution is 7.16. The maximum atomic E-state index is 9.55. The summed E-state index contributed by atoms with van der Waals surface area (Å²) in [5, 5.41) is 9.55. The molecule has 17 heavy (non-hydrogen) atoms. The van der Waals surface area contributed by atoms with Crippen LogP contribution in [0.3, 0.4) is 0 Å². The van der Waals surface area contributed by atoms with Gasteiger partial charge in [0.25, 0.3) is 0 Å². The third-order valence-corrected chi connectivity index (χ3v) is 4.92. The molecule has 1 aliphatic rings. The molecule has 1 fully saturated rings. The van der Waals surface area contributed by atoms with Gasteiger partial charge >= 0.3 is 0 Å². The Bertz CT molecular complexity index is 397. The largest absolute Gasteiger partial charge is 0.198 e. The van der Waals surface area contributed by atoms with Gasteiger partial charge in [-0.2, -0.15) is 5.26 Å². The number of hydrogen-bond acceptors (Lipinski definition) is 2. The fraction of sp³-hybridized carbons (Fsp3) is 0.643. The quantitative estimate of drug-likeness (QED) is 0.723. The number of hydrogen-bond donors (Lipinski definition) is 0. The van der Waals surface area contributed by atoms with E-state index in [0.29, 0.717) is 0 Å². The van der Waals surface area contributed by atoms with Crippen molar-refractivity contribution >= 4 is 22.9 Å². The maximum absolute atomic E-state index is 9.55. The van der Waals surface area contributed by atoms with Gasteiger partial charge in [0.05, 0.1) is 15.8 Å². The molecule has 0 aromatic carbocycles. The van der Waals surface area contributed by atoms with Crippen molar-refractivity contribution in [1.82, 2.24) is 0 Å². The Morgan fingerprint density at radius 3 is 2.35 bits per heavy atom. The second-order valence-electron chi connectivity index (χ2n) is 5.04. The van der Waals surface area contributed by atoms with Crippen molar-refractivity contribution < 1.29 is 0 Å². The third-order valence-electron chi connectivity index (χ3n) is 3.69. The lowest BCUT2D eigenvalue weighted by Crippen LogP contribution is -2.22. The van der Waals surface area contributed by atoms with E-state index in [1.807, 2.05) is 6.07 Å². The Morgan fingerprint density at radius 2 is 1.82 bits per heavy atom. The van der Waals surface area contributed by atoms with E-state index >= 15 is 0 Å². The van der Waals surface area contributed by atoms with Gasteiger partial charge < -0.3 is 0 Å². The molecule has 0 N–H and O–H groups in total. The number of nitriles is 1. The normalized spacial score (nSPS) is 20.2. The molecular formula is C14H18ClNS. The summed E-state index contributed by atoms with van der Waals surface area (Å²) in [5.74, 6) is 0. The summed E-state index contributed by atoms with van der Waals surface area (Å²) in [6, 6.07) is 6.62. The van der Waals surface area contributed by atoms with Crippen molar-refractivity contribution in [3.8, 4) is 6.07 Å². The van der Waals surface area contributed by atoms with E-state index in [0.717, 1.165) is 23.6 Å². The Morgan fingerprint density at radius 1 is 1.18 bits per heavy atom. The molecule has 1 nitrogen and oxygen atoms in total. The van der Waals surface area contributed by atoms with Crippen LogP contribution in [0.2, 0.25) is 4.34 Å². The van der Waals surface area contributed by atoms with Crippen LogP contribution in [0, 0.1) is 16.7 Å². The minimum Gasteiger partial charge on any atom is -0.198 e. The van der Waals surface area contributed by atoms with Crippen LogP contribution in [0.25, 0.3) is 0 Å². The number of nitrogens with zero attached hydrogens (tertiary/aromatic N) is 1. The van der Waals surface area contributed by atoms with Crippen LogP contribution in [-0.2, 0) is 6.42 Å². The number of rotatable bonds is 2. The predicted octanol–water partition coefficient (Wildman–Crippen LogP) is 5.20. The molecule has 3 heteroatoms. The molecule has 1 saturated carbocycles. The van der Waals surface area contributed by atoms with Gasteiger partial charge in [-0.15, -0.1) is 11.3 Å². The Kier molecular flexibility index (Phi) is 4.48. The Balaban J connectivity index is 2.09. The van der Waals surface area contributed by atoms with Crippen LogP contribution >= 0.6 is 22.9 Å². The molecule has 0 radical (unpaired) electrons. The van der Waals surface area contributed by atoms with Crippen molar-refractivity contribution in [2.24, 2.45) is 5.41 Å². The Labute approximate surface area is 112 Å². The van der Waals surface area contributed by atoms with Crippen LogP contribution in [0.1, 0.15) is 49.8 Å². The molecule has 0 aliphatic heterocycles. The van der Waals surface area contributed by atoms with E-state index in [-0.39, 0.29) is 5.41 Å². The highest BCUT2D eigenvalue weighted by Gasteiger charge is 2.30. The lowest BCUT2D eigenvalue weighted by atomic mass is 9.75. The minimum absolute atomic E-state index is 0.130. The van der Waals surface area contributed by atoms with Crippen molar-refractivity contribution in [3.63, 3.8) is 0 Å². The molecule has 0 atom stereocenters. The van der Waals surface area contributed by atoms with Crippen LogP contribution in [-0.4, -0.2) is 0 Å². The molecule has 2 rings (SSSR count). The lowest BCUT2D eigenvalue weighted by molar-refractivity contribution is 0.289. The summed E-state index contributed by atoms with van der Waals surface area (Å²) in [5.41, 5.74) is -0.130. The average molecular weight is 268 g/mol. The zero-order valence-corrected chi connectivity index (χ0v) is 11.6. The van der Waals surface area contributed by atoms with Gasteiger partial charge in [-0.05, 0) is 25.0 Å². The van der Waals surface area contributed by atoms with Crippen LogP contribution in [0.4, 0.5) is 0 Å². The molecule has 92 valence electrons. The van der Waals surface area contributed by atoms with Crippen molar-refractivity contribution in [3.05, 3.63) is 21.3 Å². The second-order valence-corrected chi connectivity index (χ2v) is 6.84. The maximum Gasteiger partial charge on any atom is 0.0931 e. The molecule has 1 aromatic heterocycles. The van der Waals surface area contributed by atoms with E-state index in [9.17, 15) is 5.26 Å². The van der Waals surface area contributed by atoms with Crippen LogP contribution < -0.4 is 0 Å². The summed E-state index contributed by atoms with van der Waals surface area (Å²) in [6.07, 6.45) is 9.31. The first kappa shape index (κ1) is 12.9. The van der Waals surface area contributed by atoms with Gasteiger partial charge in [-0.3, -0.25) is 0 Å². The van der Waals surface area contributed by atoms with Crippen molar-refractivity contribution in [2.45, 2.75) is 51.4 Å². The van der Waals surface area contributed by atoms with Crippen molar-refractivity contribution in [2.75, 3.05) is 0 Å². The summed E-state index contributed by atoms with van der Waals surface area (Å²) in [6.45, 7) is 0. The van der Waals surface area contributed by atoms with Crippen molar-refractivity contribution in [1.29, 1.82) is 5.26 Å². The highest BCUT2D eigenvalue weighted by atomic mass is 35.5. The van der Waals surface area contributed by atoms with Crippen LogP contribution in [0.15, 0.2) is 12.1 Å². The van der Waals surface area contributed by atoms with E-state index in [2.05, 4.69) is 12.1 Å². The van der Waals surface area contributed by atoms with E-state index < -0.39 is 0 Å². The van der Waals surface area contributed by atoms with Gasteiger partial charge in [0.1, 0.15) is 0 Å². The predicted molar refractivity (Wildman–Crippen MR) is 73.4 cm³/mol. The lowest BCUT2D eigenvalue weighted by Gasteiger charge is -2.28. The van der Waals surface area contributed by atoms with Gasteiger partial charge in [-0.1, -0.05) is 43.7 Å². The van der Waals surface area contributed by atoms with E-state index in [4.69, 9.17) is 11.6 Å². The third kappa shape index (κ3) is 3.47. The fourth-order valence-electron chi connectivity index (χ4n) is 2.69. The molecule has 0 amide bonds. The smallest absolute Gasteiger partial charge is 0.0931 e. The molecule has 0 saturated heterocycles. The zero-order chi connectivity index (χ0) is 12.1. The molecule has 1 aromatic rings. The second kappa shape index (κ2) is 5.89. The standard InChI is InChI=1S/C14H18ClNS/c15-13-7-6-12(17-13)10-14(11-16)8-4-2-1-3-5-9-14/h6-7H,1-5,8-10H2. The first-order chi connectivity index (χ1) is 8.24. The molecule has 1 heterocycles. The topological polar surface area (TPSA) is 23.8 Å². The molecule has 0 bridgehead atoms. The van der Waals surface area contributed by atoms with Gasteiger partial charge in [0.2, 0.25) is 0 Å². The SMILES string of the molecule is N#CC1(Cc2ccc(Cl)s2)CCCCCCC1. The van der Waals surface area contributed by atoms with Gasteiger partial charge in [-0.25, -0.2) is 0 Å². The first-order valence-electron chi connectivity index (χ1n) is 6.40. The molecule has 0 spiro atoms. The Hall–Kier alpha value is -0.520. The van der Waals surface area contributed by atoms with Gasteiger partial charge in [0, 0.05) is 11.3 Å². The minimum atomic E-state index is -0.130. The number of thiophene rings is 1. The summed E-state index contributed by atoms with van der Waals surface area (Å²) < 4.78 is 0.832. The number of halogens is 1. The zero-order valence-electron chi connectivity index (χ0n) is 10.0. The molecule has 1 aliphatic carbocycles. The average Bonchev–Trinajstić information content (AvgIpc) is 2.68. The van der Waals surface area contributed by atoms with Gasteiger partial charge in [0.15, 0.2) is 0 Å².